The third kappa shape index (κ3) is 2.85. The number of anilines is 1. The number of benzene rings is 1. The summed E-state index contributed by atoms with van der Waals surface area (Å²) in [6, 6.07) is 7.55. The molecule has 2 aromatic rings. The highest BCUT2D eigenvalue weighted by atomic mass is 16.5. The van der Waals surface area contributed by atoms with Gasteiger partial charge in [-0.25, -0.2) is 0 Å². The molecule has 1 aromatic heterocycles. The van der Waals surface area contributed by atoms with Gasteiger partial charge in [0.25, 0.3) is 0 Å². The second kappa shape index (κ2) is 5.60. The van der Waals surface area contributed by atoms with E-state index in [0.717, 1.165) is 29.7 Å². The Balaban J connectivity index is 2.02. The van der Waals surface area contributed by atoms with Crippen LogP contribution in [-0.4, -0.2) is 40.5 Å². The minimum atomic E-state index is -1.49. The van der Waals surface area contributed by atoms with E-state index in [0.29, 0.717) is 5.56 Å². The first-order chi connectivity index (χ1) is 10.0. The Bertz CT molecular complexity index is 634. The Morgan fingerprint density at radius 1 is 1.19 bits per heavy atom. The van der Waals surface area contributed by atoms with Crippen molar-refractivity contribution >= 4 is 16.6 Å². The van der Waals surface area contributed by atoms with Gasteiger partial charge in [-0.1, -0.05) is 0 Å². The number of aliphatic hydroxyl groups excluding tert-OH is 1. The van der Waals surface area contributed by atoms with Crippen LogP contribution in [0.3, 0.4) is 0 Å². The molecule has 5 nitrogen and oxygen atoms in total. The molecule has 2 atom stereocenters. The van der Waals surface area contributed by atoms with E-state index in [1.54, 1.807) is 12.3 Å². The van der Waals surface area contributed by atoms with Gasteiger partial charge in [-0.15, -0.1) is 0 Å². The first-order valence-corrected chi connectivity index (χ1v) is 7.20. The Morgan fingerprint density at radius 3 is 2.57 bits per heavy atom. The number of aromatic nitrogens is 1. The number of rotatable bonds is 2. The molecule has 21 heavy (non-hydrogen) atoms. The van der Waals surface area contributed by atoms with Crippen molar-refractivity contribution in [1.29, 1.82) is 0 Å². The molecule has 1 aliphatic heterocycles. The highest BCUT2D eigenvalue weighted by Gasteiger charge is 2.22. The van der Waals surface area contributed by atoms with Crippen molar-refractivity contribution in [3.8, 4) is 0 Å². The van der Waals surface area contributed by atoms with Crippen molar-refractivity contribution in [2.24, 2.45) is 0 Å². The fourth-order valence-corrected chi connectivity index (χ4v) is 2.97. The minimum Gasteiger partial charge on any atom is -0.372 e. The molecule has 0 amide bonds. The molecule has 2 heterocycles. The number of ether oxygens (including phenoxy) is 1. The number of pyridine rings is 1. The predicted molar refractivity (Wildman–Crippen MR) is 81.1 cm³/mol. The van der Waals surface area contributed by atoms with Crippen LogP contribution in [0.2, 0.25) is 0 Å². The van der Waals surface area contributed by atoms with E-state index in [1.807, 2.05) is 18.2 Å². The molecule has 0 unspecified atom stereocenters. The largest absolute Gasteiger partial charge is 0.372 e. The topological polar surface area (TPSA) is 65.8 Å². The van der Waals surface area contributed by atoms with Crippen LogP contribution in [0, 0.1) is 0 Å². The zero-order valence-electron chi connectivity index (χ0n) is 12.2. The molecule has 0 radical (unpaired) electrons. The summed E-state index contributed by atoms with van der Waals surface area (Å²) in [6.07, 6.45) is 0.464. The third-order valence-electron chi connectivity index (χ3n) is 3.82. The molecule has 5 heteroatoms. The molecule has 1 aliphatic rings. The van der Waals surface area contributed by atoms with Crippen molar-refractivity contribution < 1.29 is 14.9 Å². The summed E-state index contributed by atoms with van der Waals surface area (Å²) in [5, 5.41) is 19.8. The van der Waals surface area contributed by atoms with E-state index in [2.05, 4.69) is 23.7 Å². The lowest BCUT2D eigenvalue weighted by Gasteiger charge is -2.37. The number of hydrogen-bond donors (Lipinski definition) is 2. The molecule has 0 saturated carbocycles. The molecule has 1 fully saturated rings. The number of hydrogen-bond acceptors (Lipinski definition) is 5. The second-order valence-electron chi connectivity index (χ2n) is 5.64. The van der Waals surface area contributed by atoms with Gasteiger partial charge in [0.1, 0.15) is 0 Å². The number of aliphatic hydroxyl groups is 2. The van der Waals surface area contributed by atoms with Gasteiger partial charge < -0.3 is 19.8 Å². The summed E-state index contributed by atoms with van der Waals surface area (Å²) < 4.78 is 5.75. The number of fused-ring (bicyclic) bond motifs is 1. The lowest BCUT2D eigenvalue weighted by atomic mass is 10.1. The van der Waals surface area contributed by atoms with Gasteiger partial charge in [-0.2, -0.15) is 0 Å². The van der Waals surface area contributed by atoms with Crippen LogP contribution in [0.1, 0.15) is 25.7 Å². The molecule has 2 N–H and O–H groups in total. The van der Waals surface area contributed by atoms with E-state index in [9.17, 15) is 10.2 Å². The second-order valence-corrected chi connectivity index (χ2v) is 5.64. The molecular formula is C16H20N2O3. The van der Waals surface area contributed by atoms with Crippen molar-refractivity contribution in [2.45, 2.75) is 32.3 Å². The molecule has 3 rings (SSSR count). The number of morpholine rings is 1. The van der Waals surface area contributed by atoms with Crippen molar-refractivity contribution in [3.63, 3.8) is 0 Å². The monoisotopic (exact) mass is 288 g/mol. The molecule has 0 aliphatic carbocycles. The van der Waals surface area contributed by atoms with Gasteiger partial charge >= 0.3 is 0 Å². The maximum Gasteiger partial charge on any atom is 0.179 e. The normalized spacial score (nSPS) is 23.0. The first-order valence-electron chi connectivity index (χ1n) is 7.20. The third-order valence-corrected chi connectivity index (χ3v) is 3.82. The summed E-state index contributed by atoms with van der Waals surface area (Å²) in [4.78, 5) is 6.54. The lowest BCUT2D eigenvalue weighted by Crippen LogP contribution is -2.45. The van der Waals surface area contributed by atoms with Gasteiger partial charge in [0.2, 0.25) is 0 Å². The van der Waals surface area contributed by atoms with Crippen molar-refractivity contribution in [3.05, 3.63) is 36.0 Å². The standard InChI is InChI=1S/C16H20N2O3/c1-10-8-18(9-11(2)21-10)12-3-4-15-14(7-12)13(16(19)20)5-6-17-15/h3-7,10-11,16,19-20H,8-9H2,1-2H3/t10-,11-/m1/s1. The highest BCUT2D eigenvalue weighted by molar-refractivity contribution is 5.85. The van der Waals surface area contributed by atoms with E-state index >= 15 is 0 Å². The molecule has 0 spiro atoms. The average Bonchev–Trinajstić information content (AvgIpc) is 2.44. The highest BCUT2D eigenvalue weighted by Crippen LogP contribution is 2.28. The van der Waals surface area contributed by atoms with Crippen LogP contribution in [-0.2, 0) is 4.74 Å². The summed E-state index contributed by atoms with van der Waals surface area (Å²) in [5.41, 5.74) is 2.30. The summed E-state index contributed by atoms with van der Waals surface area (Å²) in [7, 11) is 0. The van der Waals surface area contributed by atoms with Crippen molar-refractivity contribution in [2.75, 3.05) is 18.0 Å². The maximum absolute atomic E-state index is 9.50. The Morgan fingerprint density at radius 2 is 1.90 bits per heavy atom. The summed E-state index contributed by atoms with van der Waals surface area (Å²) in [5.74, 6) is 0. The quantitative estimate of drug-likeness (QED) is 0.825. The Labute approximate surface area is 123 Å². The van der Waals surface area contributed by atoms with Crippen LogP contribution in [0.5, 0.6) is 0 Å². The fraction of sp³-hybridized carbons (Fsp3) is 0.438. The van der Waals surface area contributed by atoms with Gasteiger partial charge in [0.15, 0.2) is 6.29 Å². The molecular weight excluding hydrogens is 268 g/mol. The number of nitrogens with zero attached hydrogens (tertiary/aromatic N) is 2. The smallest absolute Gasteiger partial charge is 0.179 e. The van der Waals surface area contributed by atoms with Crippen LogP contribution in [0.4, 0.5) is 5.69 Å². The van der Waals surface area contributed by atoms with E-state index in [4.69, 9.17) is 4.74 Å². The van der Waals surface area contributed by atoms with Crippen LogP contribution in [0.15, 0.2) is 30.5 Å². The van der Waals surface area contributed by atoms with Crippen LogP contribution >= 0.6 is 0 Å². The molecule has 112 valence electrons. The van der Waals surface area contributed by atoms with Crippen LogP contribution < -0.4 is 4.90 Å². The SMILES string of the molecule is C[C@@H]1CN(c2ccc3nccc(C(O)O)c3c2)C[C@@H](C)O1. The molecule has 1 aromatic carbocycles. The van der Waals surface area contributed by atoms with Gasteiger partial charge in [0.05, 0.1) is 17.7 Å². The average molecular weight is 288 g/mol. The Kier molecular flexibility index (Phi) is 3.80. The van der Waals surface area contributed by atoms with Crippen molar-refractivity contribution in [1.82, 2.24) is 4.98 Å². The van der Waals surface area contributed by atoms with Gasteiger partial charge in [-0.3, -0.25) is 4.98 Å². The van der Waals surface area contributed by atoms with E-state index in [1.165, 1.54) is 0 Å². The zero-order valence-corrected chi connectivity index (χ0v) is 12.2. The van der Waals surface area contributed by atoms with Crippen LogP contribution in [0.25, 0.3) is 10.9 Å². The van der Waals surface area contributed by atoms with E-state index in [-0.39, 0.29) is 12.2 Å². The maximum atomic E-state index is 9.50. The van der Waals surface area contributed by atoms with Gasteiger partial charge in [0, 0.05) is 35.9 Å². The van der Waals surface area contributed by atoms with Gasteiger partial charge in [-0.05, 0) is 38.1 Å². The molecule has 0 bridgehead atoms. The Hall–Kier alpha value is -1.69. The minimum absolute atomic E-state index is 0.182. The summed E-state index contributed by atoms with van der Waals surface area (Å²) >= 11 is 0. The zero-order chi connectivity index (χ0) is 15.0. The summed E-state index contributed by atoms with van der Waals surface area (Å²) in [6.45, 7) is 5.78. The lowest BCUT2D eigenvalue weighted by molar-refractivity contribution is -0.0413. The predicted octanol–water partition coefficient (Wildman–Crippen LogP) is 1.83. The fourth-order valence-electron chi connectivity index (χ4n) is 2.97. The molecule has 1 saturated heterocycles. The van der Waals surface area contributed by atoms with E-state index < -0.39 is 6.29 Å². The first kappa shape index (κ1) is 14.3.